The highest BCUT2D eigenvalue weighted by Crippen LogP contribution is 2.26. The van der Waals surface area contributed by atoms with E-state index >= 15 is 0 Å². The van der Waals surface area contributed by atoms with Gasteiger partial charge in [-0.2, -0.15) is 5.10 Å². The molecular formula is C16H22ClN3O3. The molecule has 2 fully saturated rings. The molecule has 0 saturated carbocycles. The maximum Gasteiger partial charge on any atom is 0.246 e. The summed E-state index contributed by atoms with van der Waals surface area (Å²) in [5.74, 6) is 0.400. The number of hydrogen-bond acceptors (Lipinski definition) is 4. The number of aryl methyl sites for hydroxylation is 2. The van der Waals surface area contributed by atoms with E-state index in [1.165, 1.54) is 0 Å². The Kier molecular flexibility index (Phi) is 5.04. The number of aromatic nitrogens is 2. The van der Waals surface area contributed by atoms with Crippen LogP contribution in [0.3, 0.4) is 0 Å². The normalized spacial score (nSPS) is 20.7. The molecule has 3 heterocycles. The van der Waals surface area contributed by atoms with Crippen molar-refractivity contribution >= 4 is 23.6 Å². The van der Waals surface area contributed by atoms with Crippen LogP contribution in [0.15, 0.2) is 6.08 Å². The Bertz CT molecular complexity index is 600. The summed E-state index contributed by atoms with van der Waals surface area (Å²) in [5.41, 5.74) is 1.61. The molecule has 1 amide bonds. The molecule has 2 aliphatic rings. The molecule has 2 aliphatic heterocycles. The van der Waals surface area contributed by atoms with Gasteiger partial charge in [-0.25, -0.2) is 0 Å². The number of hydrogen-bond donors (Lipinski definition) is 0. The second kappa shape index (κ2) is 7.03. The molecule has 0 radical (unpaired) electrons. The molecule has 0 atom stereocenters. The second-order valence-electron chi connectivity index (χ2n) is 6.02. The third-order valence-electron chi connectivity index (χ3n) is 4.47. The van der Waals surface area contributed by atoms with Crippen LogP contribution < -0.4 is 0 Å². The van der Waals surface area contributed by atoms with Crippen LogP contribution in [0.25, 0.3) is 6.08 Å². The molecule has 7 heteroatoms. The first-order valence-corrected chi connectivity index (χ1v) is 8.33. The van der Waals surface area contributed by atoms with Crippen molar-refractivity contribution in [1.82, 2.24) is 14.7 Å². The summed E-state index contributed by atoms with van der Waals surface area (Å²) >= 11 is 6.17. The first-order chi connectivity index (χ1) is 11.1. The van der Waals surface area contributed by atoms with Gasteiger partial charge in [-0.3, -0.25) is 9.48 Å². The van der Waals surface area contributed by atoms with E-state index in [2.05, 4.69) is 5.10 Å². The van der Waals surface area contributed by atoms with Gasteiger partial charge in [0, 0.05) is 37.7 Å². The van der Waals surface area contributed by atoms with Crippen LogP contribution >= 0.6 is 11.6 Å². The summed E-state index contributed by atoms with van der Waals surface area (Å²) in [4.78, 5) is 14.2. The molecule has 0 unspecified atom stereocenters. The largest absolute Gasteiger partial charge is 0.350 e. The summed E-state index contributed by atoms with van der Waals surface area (Å²) in [6, 6.07) is 0. The van der Waals surface area contributed by atoms with Gasteiger partial charge < -0.3 is 14.4 Å². The molecule has 0 bridgehead atoms. The molecule has 1 aromatic heterocycles. The number of likely N-dealkylation sites (tertiary alicyclic amines) is 1. The van der Waals surface area contributed by atoms with Gasteiger partial charge in [-0.1, -0.05) is 11.6 Å². The van der Waals surface area contributed by atoms with Crippen molar-refractivity contribution in [2.24, 2.45) is 13.0 Å². The number of carbonyl (C=O) groups is 1. The van der Waals surface area contributed by atoms with E-state index in [0.717, 1.165) is 37.2 Å². The van der Waals surface area contributed by atoms with Crippen LogP contribution in [0.1, 0.15) is 24.1 Å². The summed E-state index contributed by atoms with van der Waals surface area (Å²) in [6.07, 6.45) is 5.08. The summed E-state index contributed by atoms with van der Waals surface area (Å²) < 4.78 is 12.7. The first kappa shape index (κ1) is 16.5. The molecule has 0 spiro atoms. The number of piperidine rings is 1. The van der Waals surface area contributed by atoms with Gasteiger partial charge in [-0.15, -0.1) is 0 Å². The highest BCUT2D eigenvalue weighted by Gasteiger charge is 2.31. The maximum atomic E-state index is 12.3. The van der Waals surface area contributed by atoms with Crippen LogP contribution in [-0.2, 0) is 21.3 Å². The molecule has 126 valence electrons. The zero-order chi connectivity index (χ0) is 16.4. The standard InChI is InChI=1S/C16H22ClN3O3/c1-11-13(15(17)19(2)18-11)3-4-14(21)20-7-5-12(6-8-20)16-22-9-10-23-16/h3-4,12,16H,5-10H2,1-2H3/b4-3+. The Hall–Kier alpha value is -1.37. The molecule has 0 N–H and O–H groups in total. The molecule has 6 nitrogen and oxygen atoms in total. The molecule has 0 aromatic carbocycles. The molecule has 1 aromatic rings. The molecule has 3 rings (SSSR count). The van der Waals surface area contributed by atoms with Crippen LogP contribution in [-0.4, -0.2) is 53.2 Å². The highest BCUT2D eigenvalue weighted by molar-refractivity contribution is 6.31. The quantitative estimate of drug-likeness (QED) is 0.790. The van der Waals surface area contributed by atoms with E-state index in [1.807, 2.05) is 11.8 Å². The summed E-state index contributed by atoms with van der Waals surface area (Å²) in [7, 11) is 1.78. The zero-order valence-electron chi connectivity index (χ0n) is 13.5. The third-order valence-corrected chi connectivity index (χ3v) is 4.92. The minimum absolute atomic E-state index is 0.0102. The van der Waals surface area contributed by atoms with Crippen LogP contribution in [0, 0.1) is 12.8 Å². The Morgan fingerprint density at radius 1 is 1.30 bits per heavy atom. The van der Waals surface area contributed by atoms with Gasteiger partial charge in [-0.05, 0) is 25.8 Å². The lowest BCUT2D eigenvalue weighted by Crippen LogP contribution is -2.40. The van der Waals surface area contributed by atoms with Crippen molar-refractivity contribution in [2.45, 2.75) is 26.1 Å². The van der Waals surface area contributed by atoms with E-state index in [9.17, 15) is 4.79 Å². The van der Waals surface area contributed by atoms with Crippen molar-refractivity contribution in [2.75, 3.05) is 26.3 Å². The van der Waals surface area contributed by atoms with E-state index < -0.39 is 0 Å². The van der Waals surface area contributed by atoms with Gasteiger partial charge in [0.15, 0.2) is 6.29 Å². The number of amides is 1. The summed E-state index contributed by atoms with van der Waals surface area (Å²) in [5, 5.41) is 4.78. The topological polar surface area (TPSA) is 56.6 Å². The van der Waals surface area contributed by atoms with Gasteiger partial charge in [0.05, 0.1) is 18.9 Å². The van der Waals surface area contributed by atoms with Gasteiger partial charge in [0.2, 0.25) is 5.91 Å². The van der Waals surface area contributed by atoms with E-state index in [-0.39, 0.29) is 12.2 Å². The van der Waals surface area contributed by atoms with Gasteiger partial charge in [0.25, 0.3) is 0 Å². The van der Waals surface area contributed by atoms with Crippen molar-refractivity contribution in [1.29, 1.82) is 0 Å². The predicted molar refractivity (Wildman–Crippen MR) is 87.0 cm³/mol. The van der Waals surface area contributed by atoms with Crippen molar-refractivity contribution in [3.63, 3.8) is 0 Å². The third kappa shape index (κ3) is 3.59. The SMILES string of the molecule is Cc1nn(C)c(Cl)c1/C=C/C(=O)N1CCC(C2OCCO2)CC1. The average molecular weight is 340 g/mol. The Morgan fingerprint density at radius 3 is 2.52 bits per heavy atom. The van der Waals surface area contributed by atoms with Crippen LogP contribution in [0.2, 0.25) is 5.15 Å². The van der Waals surface area contributed by atoms with E-state index in [0.29, 0.717) is 24.3 Å². The fourth-order valence-corrected chi connectivity index (χ4v) is 3.37. The Balaban J connectivity index is 1.56. The fraction of sp³-hybridized carbons (Fsp3) is 0.625. The summed E-state index contributed by atoms with van der Waals surface area (Å²) in [6.45, 7) is 4.70. The lowest BCUT2D eigenvalue weighted by atomic mass is 9.96. The van der Waals surface area contributed by atoms with Crippen molar-refractivity contribution < 1.29 is 14.3 Å². The first-order valence-electron chi connectivity index (χ1n) is 7.95. The van der Waals surface area contributed by atoms with Crippen molar-refractivity contribution in [3.05, 3.63) is 22.5 Å². The van der Waals surface area contributed by atoms with Gasteiger partial charge >= 0.3 is 0 Å². The highest BCUT2D eigenvalue weighted by atomic mass is 35.5. The number of nitrogens with zero attached hydrogens (tertiary/aromatic N) is 3. The number of halogens is 1. The molecule has 23 heavy (non-hydrogen) atoms. The minimum Gasteiger partial charge on any atom is -0.350 e. The molecular weight excluding hydrogens is 318 g/mol. The number of ether oxygens (including phenoxy) is 2. The van der Waals surface area contributed by atoms with Crippen molar-refractivity contribution in [3.8, 4) is 0 Å². The van der Waals surface area contributed by atoms with Crippen LogP contribution in [0.4, 0.5) is 0 Å². The van der Waals surface area contributed by atoms with Crippen LogP contribution in [0.5, 0.6) is 0 Å². The smallest absolute Gasteiger partial charge is 0.246 e. The van der Waals surface area contributed by atoms with E-state index in [4.69, 9.17) is 21.1 Å². The average Bonchev–Trinajstić information content (AvgIpc) is 3.16. The van der Waals surface area contributed by atoms with Gasteiger partial charge in [0.1, 0.15) is 5.15 Å². The van der Waals surface area contributed by atoms with E-state index in [1.54, 1.807) is 23.9 Å². The fourth-order valence-electron chi connectivity index (χ4n) is 3.14. The predicted octanol–water partition coefficient (Wildman–Crippen LogP) is 2.01. The Morgan fingerprint density at radius 2 is 1.96 bits per heavy atom. The monoisotopic (exact) mass is 339 g/mol. The zero-order valence-corrected chi connectivity index (χ0v) is 14.3. The maximum absolute atomic E-state index is 12.3. The Labute approximate surface area is 141 Å². The molecule has 2 saturated heterocycles. The number of rotatable bonds is 3. The number of carbonyl (C=O) groups excluding carboxylic acids is 1. The lowest BCUT2D eigenvalue weighted by molar-refractivity contribution is -0.131. The second-order valence-corrected chi connectivity index (χ2v) is 6.38. The minimum atomic E-state index is -0.0837. The molecule has 0 aliphatic carbocycles. The lowest BCUT2D eigenvalue weighted by Gasteiger charge is -2.33.